The Morgan fingerprint density at radius 2 is 1.16 bits per heavy atom. The van der Waals surface area contributed by atoms with Crippen molar-refractivity contribution in [2.24, 2.45) is 4.99 Å². The molecule has 0 bridgehead atoms. The molecule has 0 radical (unpaired) electrons. The van der Waals surface area contributed by atoms with E-state index < -0.39 is 0 Å². The van der Waals surface area contributed by atoms with Crippen molar-refractivity contribution in [3.05, 3.63) is 47.1 Å². The molecule has 0 aromatic heterocycles. The Morgan fingerprint density at radius 3 is 1.76 bits per heavy atom. The van der Waals surface area contributed by atoms with Gasteiger partial charge in [0, 0.05) is 68.6 Å². The fourth-order valence-corrected chi connectivity index (χ4v) is 7.27. The molecule has 0 spiro atoms. The summed E-state index contributed by atoms with van der Waals surface area (Å²) in [6, 6.07) is 13.3. The fourth-order valence-electron chi connectivity index (χ4n) is 7.27. The molecule has 0 amide bonds. The number of nitrogens with zero attached hydrogens (tertiary/aromatic N) is 5. The Balaban J connectivity index is 1.17. The van der Waals surface area contributed by atoms with Crippen LogP contribution in [0.25, 0.3) is 10.8 Å². The first-order valence-electron chi connectivity index (χ1n) is 15.1. The van der Waals surface area contributed by atoms with Crippen LogP contribution in [0.2, 0.25) is 0 Å². The quantitative estimate of drug-likeness (QED) is 0.376. The molecular formula is C32H39N6+. The molecule has 0 saturated carbocycles. The van der Waals surface area contributed by atoms with E-state index in [9.17, 15) is 0 Å². The van der Waals surface area contributed by atoms with Crippen LogP contribution in [0.3, 0.4) is 0 Å². The molecule has 6 heteroatoms. The van der Waals surface area contributed by atoms with E-state index in [0.29, 0.717) is 0 Å². The van der Waals surface area contributed by atoms with Gasteiger partial charge in [-0.2, -0.15) is 0 Å². The second-order valence-corrected chi connectivity index (χ2v) is 11.8. The van der Waals surface area contributed by atoms with Crippen LogP contribution < -0.4 is 35.3 Å². The van der Waals surface area contributed by atoms with Crippen molar-refractivity contribution in [3.63, 3.8) is 0 Å². The molecule has 4 aliphatic heterocycles. The van der Waals surface area contributed by atoms with Crippen molar-refractivity contribution in [2.75, 3.05) is 72.4 Å². The molecule has 0 unspecified atom stereocenters. The Kier molecular flexibility index (Phi) is 5.48. The number of rotatable bonds is 6. The minimum atomic E-state index is 1.10. The van der Waals surface area contributed by atoms with E-state index in [1.807, 2.05) is 0 Å². The first-order valence-corrected chi connectivity index (χ1v) is 15.1. The van der Waals surface area contributed by atoms with Gasteiger partial charge in [0.05, 0.1) is 17.1 Å². The largest absolute Gasteiger partial charge is 0.368 e. The molecule has 0 aliphatic carbocycles. The van der Waals surface area contributed by atoms with Crippen LogP contribution in [0.5, 0.6) is 0 Å². The molecule has 38 heavy (non-hydrogen) atoms. The van der Waals surface area contributed by atoms with E-state index in [0.717, 1.165) is 5.69 Å². The third kappa shape index (κ3) is 3.83. The van der Waals surface area contributed by atoms with Gasteiger partial charge in [0.25, 0.3) is 5.36 Å². The first kappa shape index (κ1) is 22.7. The third-order valence-corrected chi connectivity index (χ3v) is 9.33. The van der Waals surface area contributed by atoms with Gasteiger partial charge in [0.2, 0.25) is 0 Å². The van der Waals surface area contributed by atoms with Gasteiger partial charge in [-0.05, 0) is 50.7 Å². The maximum Gasteiger partial charge on any atom is 0.252 e. The van der Waals surface area contributed by atoms with Gasteiger partial charge in [-0.3, -0.25) is 0 Å². The lowest BCUT2D eigenvalue weighted by Crippen LogP contribution is -2.24. The number of nitrogens with one attached hydrogen (secondary N) is 1. The van der Waals surface area contributed by atoms with Crippen LogP contribution in [0.15, 0.2) is 41.4 Å². The zero-order valence-electron chi connectivity index (χ0n) is 22.5. The van der Waals surface area contributed by atoms with Crippen LogP contribution in [0, 0.1) is 0 Å². The standard InChI is InChI=1S/C32H38N6/c1-2-12-24-23(11-1)25(33-27-29(35-15-3-4-16-35)30(27)36-17-5-6-18-36)13-14-26(24)34-28-31(37-19-7-8-20-37)32(28)38-21-9-10-22-38/h1-2,11-14H,3-10,15-22H2/p+1. The highest BCUT2D eigenvalue weighted by molar-refractivity contribution is 6.04. The van der Waals surface area contributed by atoms with Crippen molar-refractivity contribution in [1.29, 1.82) is 0 Å². The van der Waals surface area contributed by atoms with Crippen LogP contribution in [0.4, 0.5) is 34.1 Å². The molecule has 4 heterocycles. The van der Waals surface area contributed by atoms with Crippen LogP contribution >= 0.6 is 0 Å². The van der Waals surface area contributed by atoms with Gasteiger partial charge in [-0.15, -0.1) is 0 Å². The summed E-state index contributed by atoms with van der Waals surface area (Å²) in [6.45, 7) is 9.50. The summed E-state index contributed by atoms with van der Waals surface area (Å²) in [5.74, 6) is 0. The second kappa shape index (κ2) is 9.18. The van der Waals surface area contributed by atoms with E-state index in [1.54, 1.807) is 0 Å². The zero-order chi connectivity index (χ0) is 25.1. The average Bonchev–Trinajstić information content (AvgIpc) is 3.52. The lowest BCUT2D eigenvalue weighted by molar-refractivity contribution is 0.706. The Morgan fingerprint density at radius 1 is 0.605 bits per heavy atom. The van der Waals surface area contributed by atoms with Crippen LogP contribution in [-0.2, 0) is 0 Å². The molecular weight excluding hydrogens is 468 g/mol. The SMILES string of the molecule is c1ccc2c(Nc3c(N4CCCC4)c3=[N+]3CCCC3)ccc(N=c3c(N4CCCC4)c3N3CCCC3)c2c1. The minimum absolute atomic E-state index is 1.10. The summed E-state index contributed by atoms with van der Waals surface area (Å²) in [7, 11) is 0. The highest BCUT2D eigenvalue weighted by atomic mass is 15.3. The topological polar surface area (TPSA) is 37.1 Å². The predicted molar refractivity (Wildman–Crippen MR) is 159 cm³/mol. The van der Waals surface area contributed by atoms with Gasteiger partial charge in [0.1, 0.15) is 29.8 Å². The molecule has 4 aliphatic rings. The monoisotopic (exact) mass is 507 g/mol. The molecule has 8 rings (SSSR count). The molecule has 4 saturated heterocycles. The van der Waals surface area contributed by atoms with E-state index >= 15 is 0 Å². The van der Waals surface area contributed by atoms with Gasteiger partial charge in [-0.25, -0.2) is 9.57 Å². The van der Waals surface area contributed by atoms with Crippen molar-refractivity contribution < 1.29 is 0 Å². The predicted octanol–water partition coefficient (Wildman–Crippen LogP) is 4.93. The van der Waals surface area contributed by atoms with Crippen molar-refractivity contribution in [3.8, 4) is 0 Å². The number of hydrogen-bond acceptors (Lipinski definition) is 5. The normalized spacial score (nSPS) is 20.3. The van der Waals surface area contributed by atoms with Crippen molar-refractivity contribution in [1.82, 2.24) is 4.58 Å². The van der Waals surface area contributed by atoms with Gasteiger partial charge < -0.3 is 20.0 Å². The second-order valence-electron chi connectivity index (χ2n) is 11.8. The highest BCUT2D eigenvalue weighted by Gasteiger charge is 2.36. The highest BCUT2D eigenvalue weighted by Crippen LogP contribution is 2.41. The molecule has 4 aromatic rings. The maximum atomic E-state index is 5.34. The van der Waals surface area contributed by atoms with Crippen LogP contribution in [0.1, 0.15) is 51.4 Å². The van der Waals surface area contributed by atoms with E-state index in [1.165, 1.54) is 154 Å². The lowest BCUT2D eigenvalue weighted by atomic mass is 10.1. The van der Waals surface area contributed by atoms with Crippen molar-refractivity contribution in [2.45, 2.75) is 51.4 Å². The first-order chi connectivity index (χ1) is 18.9. The number of benzene rings is 2. The summed E-state index contributed by atoms with van der Waals surface area (Å²) < 4.78 is 2.61. The summed E-state index contributed by atoms with van der Waals surface area (Å²) in [5, 5.41) is 9.12. The smallest absolute Gasteiger partial charge is 0.252 e. The molecule has 196 valence electrons. The summed E-state index contributed by atoms with van der Waals surface area (Å²) in [4.78, 5) is 13.1. The Labute approximate surface area is 225 Å². The number of fused-ring (bicyclic) bond motifs is 1. The molecule has 0 atom stereocenters. The van der Waals surface area contributed by atoms with Gasteiger partial charge >= 0.3 is 0 Å². The van der Waals surface area contributed by atoms with Gasteiger partial charge in [-0.1, -0.05) is 24.3 Å². The minimum Gasteiger partial charge on any atom is -0.368 e. The Bertz CT molecular complexity index is 1480. The van der Waals surface area contributed by atoms with Gasteiger partial charge in [0.15, 0.2) is 0 Å². The van der Waals surface area contributed by atoms with E-state index in [-0.39, 0.29) is 0 Å². The number of hydrogen-bond donors (Lipinski definition) is 1. The molecule has 6 nitrogen and oxygen atoms in total. The Hall–Kier alpha value is -3.28. The van der Waals surface area contributed by atoms with E-state index in [2.05, 4.69) is 61.0 Å². The zero-order valence-corrected chi connectivity index (χ0v) is 22.5. The molecule has 4 aromatic carbocycles. The third-order valence-electron chi connectivity index (χ3n) is 9.33. The molecule has 4 fully saturated rings. The summed E-state index contributed by atoms with van der Waals surface area (Å²) in [5.41, 5.74) is 7.99. The molecule has 1 N–H and O–H groups in total. The number of anilines is 5. The summed E-state index contributed by atoms with van der Waals surface area (Å²) in [6.07, 6.45) is 10.5. The van der Waals surface area contributed by atoms with Crippen molar-refractivity contribution >= 4 is 44.9 Å². The van der Waals surface area contributed by atoms with Crippen LogP contribution in [-0.4, -0.2) is 52.4 Å². The lowest BCUT2D eigenvalue weighted by Gasteiger charge is -2.15. The summed E-state index contributed by atoms with van der Waals surface area (Å²) >= 11 is 0. The maximum absolute atomic E-state index is 5.34. The van der Waals surface area contributed by atoms with E-state index in [4.69, 9.17) is 4.99 Å². The fraction of sp³-hybridized carbons (Fsp3) is 0.500. The average molecular weight is 508 g/mol.